The first kappa shape index (κ1) is 25.0. The molecule has 1 aliphatic rings. The molecule has 192 valence electrons. The van der Waals surface area contributed by atoms with E-state index in [1.54, 1.807) is 4.57 Å². The monoisotopic (exact) mass is 498 g/mol. The second kappa shape index (κ2) is 11.6. The quantitative estimate of drug-likeness (QED) is 0.337. The van der Waals surface area contributed by atoms with Gasteiger partial charge in [-0.05, 0) is 49.6 Å². The van der Waals surface area contributed by atoms with Crippen LogP contribution in [0.2, 0.25) is 0 Å². The molecule has 3 aromatic carbocycles. The van der Waals surface area contributed by atoms with Crippen LogP contribution in [0.1, 0.15) is 36.9 Å². The van der Waals surface area contributed by atoms with Gasteiger partial charge >= 0.3 is 11.7 Å². The molecule has 2 N–H and O–H groups in total. The van der Waals surface area contributed by atoms with Crippen molar-refractivity contribution in [2.75, 3.05) is 13.2 Å². The molecule has 1 saturated heterocycles. The van der Waals surface area contributed by atoms with Gasteiger partial charge < -0.3 is 15.0 Å². The van der Waals surface area contributed by atoms with Crippen LogP contribution in [-0.4, -0.2) is 45.7 Å². The van der Waals surface area contributed by atoms with E-state index in [0.717, 1.165) is 30.5 Å². The summed E-state index contributed by atoms with van der Waals surface area (Å²) in [6, 6.07) is 27.9. The number of nitrogens with zero attached hydrogens (tertiary/aromatic N) is 2. The number of para-hydroxylation sites is 2. The average Bonchev–Trinajstić information content (AvgIpc) is 3.28. The summed E-state index contributed by atoms with van der Waals surface area (Å²) < 4.78 is 7.64. The predicted octanol–water partition coefficient (Wildman–Crippen LogP) is 4.26. The first-order valence-corrected chi connectivity index (χ1v) is 13.0. The highest BCUT2D eigenvalue weighted by Crippen LogP contribution is 2.25. The number of carbonyl (C=O) groups is 1. The summed E-state index contributed by atoms with van der Waals surface area (Å²) in [4.78, 5) is 31.0. The smallest absolute Gasteiger partial charge is 0.326 e. The van der Waals surface area contributed by atoms with Crippen LogP contribution in [0.5, 0.6) is 0 Å². The van der Waals surface area contributed by atoms with E-state index < -0.39 is 6.04 Å². The molecule has 7 nitrogen and oxygen atoms in total. The van der Waals surface area contributed by atoms with E-state index >= 15 is 0 Å². The maximum Gasteiger partial charge on any atom is 0.326 e. The SMILES string of the molecule is C[C@@H](COC(=O)C1CC(n2c(=O)[nH]c3ccccc32)CCN1)N(Cc1ccccc1)Cc1ccccc1. The first-order chi connectivity index (χ1) is 18.1. The molecule has 0 bridgehead atoms. The van der Waals surface area contributed by atoms with Crippen molar-refractivity contribution >= 4 is 17.0 Å². The van der Waals surface area contributed by atoms with Crippen LogP contribution in [0.4, 0.5) is 0 Å². The molecule has 2 unspecified atom stereocenters. The standard InChI is InChI=1S/C30H34N4O3/c1-22(33(19-23-10-4-2-5-11-23)20-24-12-6-3-7-13-24)21-37-29(35)27-18-25(16-17-31-27)34-28-15-9-8-14-26(28)32-30(34)36/h2-15,22,25,27,31H,16-21H2,1H3,(H,32,36)/t22-,25?,27?/m0/s1. The van der Waals surface area contributed by atoms with Crippen LogP contribution in [0, 0.1) is 0 Å². The fourth-order valence-corrected chi connectivity index (χ4v) is 5.16. The van der Waals surface area contributed by atoms with Crippen molar-refractivity contribution in [2.24, 2.45) is 0 Å². The normalized spacial score (nSPS) is 18.6. The van der Waals surface area contributed by atoms with E-state index in [2.05, 4.69) is 46.4 Å². The van der Waals surface area contributed by atoms with Crippen molar-refractivity contribution in [2.45, 2.75) is 51.0 Å². The number of hydrogen-bond acceptors (Lipinski definition) is 5. The fourth-order valence-electron chi connectivity index (χ4n) is 5.16. The Morgan fingerprint density at radius 1 is 0.973 bits per heavy atom. The first-order valence-electron chi connectivity index (χ1n) is 13.0. The van der Waals surface area contributed by atoms with Crippen LogP contribution < -0.4 is 11.0 Å². The Morgan fingerprint density at radius 3 is 2.27 bits per heavy atom. The maximum absolute atomic E-state index is 13.1. The number of rotatable bonds is 9. The molecule has 37 heavy (non-hydrogen) atoms. The Morgan fingerprint density at radius 2 is 1.59 bits per heavy atom. The van der Waals surface area contributed by atoms with Gasteiger partial charge in [-0.25, -0.2) is 4.79 Å². The second-order valence-electron chi connectivity index (χ2n) is 9.86. The number of aromatic amines is 1. The van der Waals surface area contributed by atoms with Crippen molar-refractivity contribution in [1.82, 2.24) is 19.8 Å². The number of carbonyl (C=O) groups excluding carboxylic acids is 1. The molecule has 0 spiro atoms. The summed E-state index contributed by atoms with van der Waals surface area (Å²) in [6.45, 7) is 4.58. The Labute approximate surface area is 217 Å². The summed E-state index contributed by atoms with van der Waals surface area (Å²) in [7, 11) is 0. The Balaban J connectivity index is 1.23. The maximum atomic E-state index is 13.1. The van der Waals surface area contributed by atoms with E-state index in [4.69, 9.17) is 4.74 Å². The molecule has 0 radical (unpaired) electrons. The number of ether oxygens (including phenoxy) is 1. The van der Waals surface area contributed by atoms with Crippen molar-refractivity contribution in [1.29, 1.82) is 0 Å². The molecule has 7 heteroatoms. The van der Waals surface area contributed by atoms with E-state index in [0.29, 0.717) is 19.6 Å². The minimum absolute atomic E-state index is 0.0278. The van der Waals surface area contributed by atoms with Crippen LogP contribution in [0.15, 0.2) is 89.7 Å². The zero-order valence-corrected chi connectivity index (χ0v) is 21.2. The van der Waals surface area contributed by atoms with E-state index in [9.17, 15) is 9.59 Å². The molecule has 1 aromatic heterocycles. The highest BCUT2D eigenvalue weighted by molar-refractivity contribution is 5.77. The van der Waals surface area contributed by atoms with Crippen LogP contribution in [0.25, 0.3) is 11.0 Å². The molecule has 4 aromatic rings. The molecule has 1 aliphatic heterocycles. The molecule has 0 aliphatic carbocycles. The highest BCUT2D eigenvalue weighted by atomic mass is 16.5. The zero-order valence-electron chi connectivity index (χ0n) is 21.2. The van der Waals surface area contributed by atoms with Crippen molar-refractivity contribution < 1.29 is 9.53 Å². The van der Waals surface area contributed by atoms with E-state index in [1.807, 2.05) is 60.7 Å². The molecule has 1 fully saturated rings. The molecule has 0 amide bonds. The number of nitrogens with one attached hydrogen (secondary N) is 2. The summed E-state index contributed by atoms with van der Waals surface area (Å²) in [5.41, 5.74) is 4.00. The number of benzene rings is 3. The second-order valence-corrected chi connectivity index (χ2v) is 9.86. The highest BCUT2D eigenvalue weighted by Gasteiger charge is 2.31. The third-order valence-corrected chi connectivity index (χ3v) is 7.20. The number of esters is 1. The number of H-pyrrole nitrogens is 1. The number of piperidine rings is 1. The van der Waals surface area contributed by atoms with Gasteiger partial charge in [0.05, 0.1) is 11.0 Å². The van der Waals surface area contributed by atoms with E-state index in [1.165, 1.54) is 11.1 Å². The van der Waals surface area contributed by atoms with Crippen molar-refractivity contribution in [3.8, 4) is 0 Å². The van der Waals surface area contributed by atoms with Crippen molar-refractivity contribution in [3.63, 3.8) is 0 Å². The van der Waals surface area contributed by atoms with Gasteiger partial charge in [-0.2, -0.15) is 0 Å². The van der Waals surface area contributed by atoms with Crippen LogP contribution >= 0.6 is 0 Å². The number of fused-ring (bicyclic) bond motifs is 1. The third-order valence-electron chi connectivity index (χ3n) is 7.20. The van der Waals surface area contributed by atoms with Gasteiger partial charge in [0.15, 0.2) is 0 Å². The predicted molar refractivity (Wildman–Crippen MR) is 145 cm³/mol. The fraction of sp³-hybridized carbons (Fsp3) is 0.333. The summed E-state index contributed by atoms with van der Waals surface area (Å²) in [5, 5.41) is 3.30. The zero-order chi connectivity index (χ0) is 25.6. The van der Waals surface area contributed by atoms with Gasteiger partial charge in [0, 0.05) is 25.2 Å². The lowest BCUT2D eigenvalue weighted by molar-refractivity contribution is -0.149. The molecular formula is C30H34N4O3. The number of imidazole rings is 1. The summed E-state index contributed by atoms with van der Waals surface area (Å²) >= 11 is 0. The minimum atomic E-state index is -0.441. The molecule has 5 rings (SSSR count). The largest absolute Gasteiger partial charge is 0.463 e. The summed E-state index contributed by atoms with van der Waals surface area (Å²) in [5.74, 6) is -0.260. The molecule has 0 saturated carbocycles. The van der Waals surface area contributed by atoms with Gasteiger partial charge in [0.1, 0.15) is 12.6 Å². The lowest BCUT2D eigenvalue weighted by Crippen LogP contribution is -2.47. The van der Waals surface area contributed by atoms with Gasteiger partial charge in [-0.1, -0.05) is 72.8 Å². The molecule has 2 heterocycles. The van der Waals surface area contributed by atoms with Gasteiger partial charge in [0.25, 0.3) is 0 Å². The Bertz CT molecular complexity index is 1320. The average molecular weight is 499 g/mol. The lowest BCUT2D eigenvalue weighted by Gasteiger charge is -2.32. The number of hydrogen-bond donors (Lipinski definition) is 2. The van der Waals surface area contributed by atoms with Gasteiger partial charge in [0.2, 0.25) is 0 Å². The molecule has 3 atom stereocenters. The third kappa shape index (κ3) is 6.01. The van der Waals surface area contributed by atoms with Crippen LogP contribution in [-0.2, 0) is 22.6 Å². The van der Waals surface area contributed by atoms with Gasteiger partial charge in [-0.3, -0.25) is 14.3 Å². The van der Waals surface area contributed by atoms with Gasteiger partial charge in [-0.15, -0.1) is 0 Å². The minimum Gasteiger partial charge on any atom is -0.463 e. The summed E-state index contributed by atoms with van der Waals surface area (Å²) in [6.07, 6.45) is 1.30. The lowest BCUT2D eigenvalue weighted by atomic mass is 9.99. The van der Waals surface area contributed by atoms with E-state index in [-0.39, 0.29) is 23.7 Å². The van der Waals surface area contributed by atoms with Crippen LogP contribution in [0.3, 0.4) is 0 Å². The Kier molecular flexibility index (Phi) is 7.82. The Hall–Kier alpha value is -3.68. The van der Waals surface area contributed by atoms with Crippen molar-refractivity contribution in [3.05, 3.63) is 107 Å². The molecular weight excluding hydrogens is 464 g/mol. The number of aromatic nitrogens is 2. The topological polar surface area (TPSA) is 79.4 Å².